The Morgan fingerprint density at radius 1 is 1.42 bits per heavy atom. The van der Waals surface area contributed by atoms with Crippen LogP contribution < -0.4 is 11.1 Å². The van der Waals surface area contributed by atoms with Gasteiger partial charge in [-0.15, -0.1) is 0 Å². The Labute approximate surface area is 112 Å². The number of aryl methyl sites for hydroxylation is 1. The summed E-state index contributed by atoms with van der Waals surface area (Å²) in [5, 5.41) is 9.54. The fourth-order valence-electron chi connectivity index (χ4n) is 2.07. The van der Waals surface area contributed by atoms with E-state index in [4.69, 9.17) is 5.73 Å². The smallest absolute Gasteiger partial charge is 0.257 e. The summed E-state index contributed by atoms with van der Waals surface area (Å²) >= 11 is 0. The molecule has 5 nitrogen and oxygen atoms in total. The van der Waals surface area contributed by atoms with Crippen LogP contribution in [0.1, 0.15) is 41.0 Å². The monoisotopic (exact) mass is 258 g/mol. The summed E-state index contributed by atoms with van der Waals surface area (Å²) in [6.45, 7) is 3.81. The molecule has 0 aliphatic heterocycles. The van der Waals surface area contributed by atoms with Crippen LogP contribution in [0.25, 0.3) is 0 Å². The van der Waals surface area contributed by atoms with Gasteiger partial charge in [0.15, 0.2) is 5.82 Å². The van der Waals surface area contributed by atoms with Crippen LogP contribution in [0.5, 0.6) is 0 Å². The lowest BCUT2D eigenvalue weighted by Crippen LogP contribution is -2.29. The largest absolute Gasteiger partial charge is 0.382 e. The number of hydrogen-bond donors (Lipinski definition) is 3. The maximum atomic E-state index is 12.2. The van der Waals surface area contributed by atoms with E-state index in [2.05, 4.69) is 15.5 Å². The Morgan fingerprint density at radius 2 is 2.11 bits per heavy atom. The van der Waals surface area contributed by atoms with E-state index in [1.165, 1.54) is 0 Å². The number of amides is 1. The van der Waals surface area contributed by atoms with E-state index in [1.807, 2.05) is 37.3 Å². The van der Waals surface area contributed by atoms with E-state index >= 15 is 0 Å². The van der Waals surface area contributed by atoms with Crippen LogP contribution >= 0.6 is 0 Å². The van der Waals surface area contributed by atoms with Crippen molar-refractivity contribution in [2.24, 2.45) is 0 Å². The van der Waals surface area contributed by atoms with Crippen molar-refractivity contribution in [1.29, 1.82) is 0 Å². The number of benzene rings is 1. The van der Waals surface area contributed by atoms with Gasteiger partial charge in [0, 0.05) is 5.69 Å². The molecular weight excluding hydrogens is 240 g/mol. The molecule has 1 amide bonds. The molecule has 19 heavy (non-hydrogen) atoms. The Kier molecular flexibility index (Phi) is 3.85. The second kappa shape index (κ2) is 5.56. The van der Waals surface area contributed by atoms with Crippen LogP contribution in [0.2, 0.25) is 0 Å². The molecule has 100 valence electrons. The first-order chi connectivity index (χ1) is 9.13. The zero-order valence-electron chi connectivity index (χ0n) is 11.1. The molecular formula is C14H18N4O. The van der Waals surface area contributed by atoms with Crippen molar-refractivity contribution in [3.05, 3.63) is 47.2 Å². The highest BCUT2D eigenvalue weighted by molar-refractivity contribution is 5.99. The van der Waals surface area contributed by atoms with Crippen molar-refractivity contribution in [3.63, 3.8) is 0 Å². The Hall–Kier alpha value is -2.30. The average molecular weight is 258 g/mol. The van der Waals surface area contributed by atoms with E-state index < -0.39 is 0 Å². The molecule has 2 aromatic rings. The highest BCUT2D eigenvalue weighted by Crippen LogP contribution is 2.19. The molecule has 4 N–H and O–H groups in total. The lowest BCUT2D eigenvalue weighted by Gasteiger charge is -2.17. The van der Waals surface area contributed by atoms with Crippen LogP contribution in [-0.4, -0.2) is 16.1 Å². The first-order valence-electron chi connectivity index (χ1n) is 6.29. The Morgan fingerprint density at radius 3 is 2.63 bits per heavy atom. The van der Waals surface area contributed by atoms with Gasteiger partial charge in [0.2, 0.25) is 0 Å². The molecule has 2 rings (SSSR count). The van der Waals surface area contributed by atoms with Gasteiger partial charge in [0.1, 0.15) is 5.56 Å². The fourth-order valence-corrected chi connectivity index (χ4v) is 2.07. The number of nitrogens with one attached hydrogen (secondary N) is 2. The van der Waals surface area contributed by atoms with E-state index in [1.54, 1.807) is 6.92 Å². The van der Waals surface area contributed by atoms with Crippen LogP contribution in [0, 0.1) is 6.92 Å². The van der Waals surface area contributed by atoms with Gasteiger partial charge in [-0.05, 0) is 18.9 Å². The number of anilines is 1. The third kappa shape index (κ3) is 2.76. The number of carbonyl (C=O) groups excluding carboxylic acids is 1. The molecule has 0 aliphatic rings. The van der Waals surface area contributed by atoms with Crippen molar-refractivity contribution < 1.29 is 4.79 Å². The summed E-state index contributed by atoms with van der Waals surface area (Å²) in [5.74, 6) is 0.0392. The van der Waals surface area contributed by atoms with Gasteiger partial charge < -0.3 is 11.1 Å². The molecule has 1 aromatic heterocycles. The minimum atomic E-state index is -0.195. The summed E-state index contributed by atoms with van der Waals surface area (Å²) in [4.78, 5) is 12.2. The number of aromatic nitrogens is 2. The normalized spacial score (nSPS) is 12.1. The molecule has 5 heteroatoms. The predicted octanol–water partition coefficient (Wildman–Crippen LogP) is 2.18. The molecule has 0 spiro atoms. The number of aromatic amines is 1. The quantitative estimate of drug-likeness (QED) is 0.786. The lowest BCUT2D eigenvalue weighted by molar-refractivity contribution is 0.0936. The van der Waals surface area contributed by atoms with Crippen LogP contribution in [0.3, 0.4) is 0 Å². The number of rotatable bonds is 4. The van der Waals surface area contributed by atoms with Crippen molar-refractivity contribution in [3.8, 4) is 0 Å². The van der Waals surface area contributed by atoms with E-state index in [-0.39, 0.29) is 17.8 Å². The van der Waals surface area contributed by atoms with E-state index in [9.17, 15) is 4.79 Å². The summed E-state index contributed by atoms with van der Waals surface area (Å²) in [6.07, 6.45) is 0.812. The van der Waals surface area contributed by atoms with Gasteiger partial charge in [-0.3, -0.25) is 9.89 Å². The SMILES string of the molecule is CCC(NC(=O)c1c(N)n[nH]c1C)c1ccccc1. The Bertz CT molecular complexity index is 543. The molecule has 1 aromatic carbocycles. The zero-order chi connectivity index (χ0) is 13.8. The number of nitrogens with zero attached hydrogens (tertiary/aromatic N) is 1. The summed E-state index contributed by atoms with van der Waals surface area (Å²) in [5.41, 5.74) is 7.88. The molecule has 0 fully saturated rings. The van der Waals surface area contributed by atoms with Gasteiger partial charge in [-0.1, -0.05) is 37.3 Å². The fraction of sp³-hybridized carbons (Fsp3) is 0.286. The maximum Gasteiger partial charge on any atom is 0.257 e. The van der Waals surface area contributed by atoms with Crippen molar-refractivity contribution in [2.45, 2.75) is 26.3 Å². The lowest BCUT2D eigenvalue weighted by atomic mass is 10.0. The highest BCUT2D eigenvalue weighted by atomic mass is 16.1. The van der Waals surface area contributed by atoms with Crippen molar-refractivity contribution in [2.75, 3.05) is 5.73 Å². The van der Waals surface area contributed by atoms with Gasteiger partial charge >= 0.3 is 0 Å². The van der Waals surface area contributed by atoms with Crippen LogP contribution in [0.4, 0.5) is 5.82 Å². The average Bonchev–Trinajstić information content (AvgIpc) is 2.76. The second-order valence-corrected chi connectivity index (χ2v) is 4.45. The molecule has 0 radical (unpaired) electrons. The minimum Gasteiger partial charge on any atom is -0.382 e. The number of hydrogen-bond acceptors (Lipinski definition) is 3. The molecule has 1 atom stereocenters. The second-order valence-electron chi connectivity index (χ2n) is 4.45. The van der Waals surface area contributed by atoms with Crippen LogP contribution in [0.15, 0.2) is 30.3 Å². The van der Waals surface area contributed by atoms with E-state index in [0.717, 1.165) is 12.0 Å². The number of H-pyrrole nitrogens is 1. The van der Waals surface area contributed by atoms with Gasteiger partial charge in [0.05, 0.1) is 6.04 Å². The number of carbonyl (C=O) groups is 1. The number of nitrogen functional groups attached to an aromatic ring is 1. The molecule has 0 saturated heterocycles. The number of nitrogens with two attached hydrogens (primary N) is 1. The summed E-state index contributed by atoms with van der Waals surface area (Å²) in [6, 6.07) is 9.85. The molecule has 0 aliphatic carbocycles. The highest BCUT2D eigenvalue weighted by Gasteiger charge is 2.19. The molecule has 0 saturated carbocycles. The van der Waals surface area contributed by atoms with Gasteiger partial charge in [-0.2, -0.15) is 5.10 Å². The maximum absolute atomic E-state index is 12.2. The Balaban J connectivity index is 2.18. The summed E-state index contributed by atoms with van der Waals surface area (Å²) < 4.78 is 0. The standard InChI is InChI=1S/C14H18N4O/c1-3-11(10-7-5-4-6-8-10)16-14(19)12-9(2)17-18-13(12)15/h4-8,11H,3H2,1-2H3,(H,16,19)(H3,15,17,18). The third-order valence-electron chi connectivity index (χ3n) is 3.12. The van der Waals surface area contributed by atoms with Crippen molar-refractivity contribution >= 4 is 11.7 Å². The molecule has 0 bridgehead atoms. The molecule has 1 unspecified atom stereocenters. The topological polar surface area (TPSA) is 83.8 Å². The van der Waals surface area contributed by atoms with Crippen LogP contribution in [-0.2, 0) is 0 Å². The van der Waals surface area contributed by atoms with Gasteiger partial charge in [0.25, 0.3) is 5.91 Å². The van der Waals surface area contributed by atoms with Crippen molar-refractivity contribution in [1.82, 2.24) is 15.5 Å². The first kappa shape index (κ1) is 13.1. The zero-order valence-corrected chi connectivity index (χ0v) is 11.1. The minimum absolute atomic E-state index is 0.0256. The molecule has 1 heterocycles. The third-order valence-corrected chi connectivity index (χ3v) is 3.12. The first-order valence-corrected chi connectivity index (χ1v) is 6.29. The predicted molar refractivity (Wildman–Crippen MR) is 74.7 cm³/mol. The van der Waals surface area contributed by atoms with Gasteiger partial charge in [-0.25, -0.2) is 0 Å². The van der Waals surface area contributed by atoms with E-state index in [0.29, 0.717) is 11.3 Å². The summed E-state index contributed by atoms with van der Waals surface area (Å²) in [7, 11) is 0.